The lowest BCUT2D eigenvalue weighted by Gasteiger charge is -2.08. The third-order valence-electron chi connectivity index (χ3n) is 4.05. The van der Waals surface area contributed by atoms with Gasteiger partial charge < -0.3 is 15.2 Å². The molecule has 0 spiro atoms. The van der Waals surface area contributed by atoms with Crippen LogP contribution in [0.1, 0.15) is 11.4 Å². The van der Waals surface area contributed by atoms with Crippen LogP contribution >= 0.6 is 11.8 Å². The van der Waals surface area contributed by atoms with Crippen molar-refractivity contribution in [3.8, 4) is 0 Å². The van der Waals surface area contributed by atoms with E-state index in [4.69, 9.17) is 0 Å². The SMILES string of the molecule is Cc1ccccc1NC(=O)CSc1nnc(CC(=O)Nc2ccccc2)n1C. The molecule has 0 unspecified atom stereocenters. The molecule has 0 saturated heterocycles. The molecule has 8 heteroatoms. The monoisotopic (exact) mass is 395 g/mol. The number of hydrogen-bond acceptors (Lipinski definition) is 5. The molecule has 2 aromatic carbocycles. The first kappa shape index (κ1) is 19.6. The van der Waals surface area contributed by atoms with E-state index in [1.165, 1.54) is 11.8 Å². The van der Waals surface area contributed by atoms with Crippen LogP contribution in [0.2, 0.25) is 0 Å². The summed E-state index contributed by atoms with van der Waals surface area (Å²) in [5.41, 5.74) is 2.53. The minimum absolute atomic E-state index is 0.106. The van der Waals surface area contributed by atoms with E-state index in [0.29, 0.717) is 11.0 Å². The molecule has 0 atom stereocenters. The molecule has 1 aromatic heterocycles. The predicted octanol–water partition coefficient (Wildman–Crippen LogP) is 3.04. The van der Waals surface area contributed by atoms with E-state index in [-0.39, 0.29) is 24.0 Å². The van der Waals surface area contributed by atoms with Gasteiger partial charge in [-0.15, -0.1) is 10.2 Å². The summed E-state index contributed by atoms with van der Waals surface area (Å²) in [6.45, 7) is 1.94. The summed E-state index contributed by atoms with van der Waals surface area (Å²) in [5.74, 6) is 0.452. The highest BCUT2D eigenvalue weighted by Gasteiger charge is 2.15. The van der Waals surface area contributed by atoms with Gasteiger partial charge in [0.15, 0.2) is 5.16 Å². The molecule has 28 heavy (non-hydrogen) atoms. The smallest absolute Gasteiger partial charge is 0.234 e. The number of para-hydroxylation sites is 2. The number of rotatable bonds is 7. The van der Waals surface area contributed by atoms with Gasteiger partial charge in [0.1, 0.15) is 5.82 Å². The van der Waals surface area contributed by atoms with E-state index in [1.54, 1.807) is 11.6 Å². The average Bonchev–Trinajstić information content (AvgIpc) is 3.02. The second-order valence-electron chi connectivity index (χ2n) is 6.20. The van der Waals surface area contributed by atoms with E-state index in [1.807, 2.05) is 61.5 Å². The van der Waals surface area contributed by atoms with Crippen molar-refractivity contribution < 1.29 is 9.59 Å². The summed E-state index contributed by atoms with van der Waals surface area (Å²) < 4.78 is 1.73. The molecule has 0 bridgehead atoms. The molecule has 2 N–H and O–H groups in total. The normalized spacial score (nSPS) is 10.5. The van der Waals surface area contributed by atoms with Gasteiger partial charge in [0.2, 0.25) is 11.8 Å². The fourth-order valence-corrected chi connectivity index (χ4v) is 3.25. The molecule has 1 heterocycles. The van der Waals surface area contributed by atoms with Gasteiger partial charge >= 0.3 is 0 Å². The van der Waals surface area contributed by atoms with Crippen molar-refractivity contribution >= 4 is 35.0 Å². The molecule has 2 amide bonds. The Morgan fingerprint density at radius 2 is 1.68 bits per heavy atom. The topological polar surface area (TPSA) is 88.9 Å². The molecule has 7 nitrogen and oxygen atoms in total. The number of hydrogen-bond donors (Lipinski definition) is 2. The van der Waals surface area contributed by atoms with Crippen molar-refractivity contribution in [3.63, 3.8) is 0 Å². The third kappa shape index (κ3) is 5.20. The maximum atomic E-state index is 12.2. The lowest BCUT2D eigenvalue weighted by molar-refractivity contribution is -0.116. The zero-order valence-corrected chi connectivity index (χ0v) is 16.5. The Labute approximate surface area is 167 Å². The Hall–Kier alpha value is -3.13. The number of amides is 2. The van der Waals surface area contributed by atoms with Crippen molar-refractivity contribution in [2.45, 2.75) is 18.5 Å². The van der Waals surface area contributed by atoms with Gasteiger partial charge in [0.25, 0.3) is 0 Å². The van der Waals surface area contributed by atoms with Gasteiger partial charge in [0, 0.05) is 18.4 Å². The molecule has 3 aromatic rings. The van der Waals surface area contributed by atoms with Crippen LogP contribution in [-0.2, 0) is 23.1 Å². The minimum Gasteiger partial charge on any atom is -0.326 e. The van der Waals surface area contributed by atoms with Gasteiger partial charge in [-0.2, -0.15) is 0 Å². The van der Waals surface area contributed by atoms with E-state index in [2.05, 4.69) is 20.8 Å². The van der Waals surface area contributed by atoms with Crippen LogP contribution in [0.5, 0.6) is 0 Å². The predicted molar refractivity (Wildman–Crippen MR) is 110 cm³/mol. The number of thioether (sulfide) groups is 1. The summed E-state index contributed by atoms with van der Waals surface area (Å²) in [5, 5.41) is 14.5. The summed E-state index contributed by atoms with van der Waals surface area (Å²) >= 11 is 1.28. The second-order valence-corrected chi connectivity index (χ2v) is 7.14. The summed E-state index contributed by atoms with van der Waals surface area (Å²) in [7, 11) is 1.78. The number of anilines is 2. The highest BCUT2D eigenvalue weighted by Crippen LogP contribution is 2.18. The molecule has 0 saturated carbocycles. The van der Waals surface area contributed by atoms with Crippen molar-refractivity contribution in [2.24, 2.45) is 7.05 Å². The number of aryl methyl sites for hydroxylation is 1. The van der Waals surface area contributed by atoms with Crippen LogP contribution in [0.15, 0.2) is 59.8 Å². The highest BCUT2D eigenvalue weighted by atomic mass is 32.2. The van der Waals surface area contributed by atoms with Gasteiger partial charge in [0.05, 0.1) is 12.2 Å². The maximum absolute atomic E-state index is 12.2. The first-order valence-electron chi connectivity index (χ1n) is 8.74. The fourth-order valence-electron chi connectivity index (χ4n) is 2.52. The van der Waals surface area contributed by atoms with Crippen molar-refractivity contribution in [1.29, 1.82) is 0 Å². The summed E-state index contributed by atoms with van der Waals surface area (Å²) in [6.07, 6.45) is 0.106. The van der Waals surface area contributed by atoms with E-state index in [0.717, 1.165) is 16.9 Å². The van der Waals surface area contributed by atoms with E-state index >= 15 is 0 Å². The number of aromatic nitrogens is 3. The van der Waals surface area contributed by atoms with Gasteiger partial charge in [-0.3, -0.25) is 9.59 Å². The molecule has 3 rings (SSSR count). The maximum Gasteiger partial charge on any atom is 0.234 e. The summed E-state index contributed by atoms with van der Waals surface area (Å²) in [6, 6.07) is 16.9. The van der Waals surface area contributed by atoms with Crippen molar-refractivity contribution in [3.05, 3.63) is 66.0 Å². The molecular weight excluding hydrogens is 374 g/mol. The first-order valence-corrected chi connectivity index (χ1v) is 9.73. The largest absolute Gasteiger partial charge is 0.326 e. The lowest BCUT2D eigenvalue weighted by atomic mass is 10.2. The Morgan fingerprint density at radius 3 is 2.43 bits per heavy atom. The third-order valence-corrected chi connectivity index (χ3v) is 5.07. The number of carbonyl (C=O) groups is 2. The van der Waals surface area contributed by atoms with Crippen LogP contribution < -0.4 is 10.6 Å². The van der Waals surface area contributed by atoms with Crippen molar-refractivity contribution in [2.75, 3.05) is 16.4 Å². The average molecular weight is 395 g/mol. The lowest BCUT2D eigenvalue weighted by Crippen LogP contribution is -2.17. The molecular formula is C20H21N5O2S. The van der Waals surface area contributed by atoms with Crippen molar-refractivity contribution in [1.82, 2.24) is 14.8 Å². The van der Waals surface area contributed by atoms with Crippen LogP contribution in [-0.4, -0.2) is 32.3 Å². The fraction of sp³-hybridized carbons (Fsp3) is 0.200. The number of nitrogens with one attached hydrogen (secondary N) is 2. The highest BCUT2D eigenvalue weighted by molar-refractivity contribution is 7.99. The Bertz CT molecular complexity index is 972. The quantitative estimate of drug-likeness (QED) is 0.600. The second kappa shape index (κ2) is 9.18. The van der Waals surface area contributed by atoms with E-state index < -0.39 is 0 Å². The molecule has 0 aliphatic heterocycles. The zero-order chi connectivity index (χ0) is 19.9. The molecule has 0 aliphatic rings. The Kier molecular flexibility index (Phi) is 6.44. The first-order chi connectivity index (χ1) is 13.5. The van der Waals surface area contributed by atoms with Crippen LogP contribution in [0.4, 0.5) is 11.4 Å². The zero-order valence-electron chi connectivity index (χ0n) is 15.7. The standard InChI is InChI=1S/C20H21N5O2S/c1-14-8-6-7-11-16(14)22-19(27)13-28-20-24-23-17(25(20)2)12-18(26)21-15-9-4-3-5-10-15/h3-11H,12-13H2,1-2H3,(H,21,26)(H,22,27). The number of nitrogens with zero attached hydrogens (tertiary/aromatic N) is 3. The Balaban J connectivity index is 1.53. The number of carbonyl (C=O) groups excluding carboxylic acids is 2. The molecule has 0 aliphatic carbocycles. The molecule has 144 valence electrons. The summed E-state index contributed by atoms with van der Waals surface area (Å²) in [4.78, 5) is 24.4. The van der Waals surface area contributed by atoms with E-state index in [9.17, 15) is 9.59 Å². The van der Waals surface area contributed by atoms with Crippen LogP contribution in [0, 0.1) is 6.92 Å². The van der Waals surface area contributed by atoms with Gasteiger partial charge in [-0.05, 0) is 30.7 Å². The van der Waals surface area contributed by atoms with Crippen LogP contribution in [0.25, 0.3) is 0 Å². The van der Waals surface area contributed by atoms with Crippen LogP contribution in [0.3, 0.4) is 0 Å². The van der Waals surface area contributed by atoms with Gasteiger partial charge in [-0.25, -0.2) is 0 Å². The molecule has 0 radical (unpaired) electrons. The minimum atomic E-state index is -0.171. The van der Waals surface area contributed by atoms with Gasteiger partial charge in [-0.1, -0.05) is 48.2 Å². The number of benzene rings is 2. The molecule has 0 fully saturated rings. The Morgan fingerprint density at radius 1 is 0.964 bits per heavy atom.